The maximum atomic E-state index is 9.06. The van der Waals surface area contributed by atoms with Gasteiger partial charge in [0.15, 0.2) is 0 Å². The van der Waals surface area contributed by atoms with Crippen molar-refractivity contribution >= 4 is 0 Å². The Bertz CT molecular complexity index is 310. The van der Waals surface area contributed by atoms with Crippen molar-refractivity contribution in [3.63, 3.8) is 0 Å². The SMILES string of the molecule is OCc1cnccc1OCC1CCCO1. The van der Waals surface area contributed by atoms with Crippen LogP contribution in [0.25, 0.3) is 0 Å². The second-order valence-corrected chi connectivity index (χ2v) is 3.59. The minimum atomic E-state index is -0.0469. The third-order valence-corrected chi connectivity index (χ3v) is 2.48. The first-order valence-corrected chi connectivity index (χ1v) is 5.18. The van der Waals surface area contributed by atoms with Crippen LogP contribution >= 0.6 is 0 Å². The summed E-state index contributed by atoms with van der Waals surface area (Å²) >= 11 is 0. The lowest BCUT2D eigenvalue weighted by Gasteiger charge is -2.13. The fraction of sp³-hybridized carbons (Fsp3) is 0.545. The summed E-state index contributed by atoms with van der Waals surface area (Å²) in [4.78, 5) is 3.92. The average Bonchev–Trinajstić information content (AvgIpc) is 2.79. The van der Waals surface area contributed by atoms with E-state index in [1.54, 1.807) is 18.5 Å². The lowest BCUT2D eigenvalue weighted by atomic mass is 10.2. The quantitative estimate of drug-likeness (QED) is 0.807. The van der Waals surface area contributed by atoms with Crippen molar-refractivity contribution in [2.75, 3.05) is 13.2 Å². The van der Waals surface area contributed by atoms with Crippen molar-refractivity contribution in [1.82, 2.24) is 4.98 Å². The monoisotopic (exact) mass is 209 g/mol. The number of hydrogen-bond acceptors (Lipinski definition) is 4. The van der Waals surface area contributed by atoms with Gasteiger partial charge in [0.25, 0.3) is 0 Å². The van der Waals surface area contributed by atoms with Crippen LogP contribution in [0.2, 0.25) is 0 Å². The lowest BCUT2D eigenvalue weighted by Crippen LogP contribution is -2.16. The highest BCUT2D eigenvalue weighted by molar-refractivity contribution is 5.29. The Morgan fingerprint density at radius 3 is 3.27 bits per heavy atom. The van der Waals surface area contributed by atoms with E-state index in [9.17, 15) is 0 Å². The van der Waals surface area contributed by atoms with Gasteiger partial charge in [0, 0.05) is 24.6 Å². The van der Waals surface area contributed by atoms with Crippen molar-refractivity contribution in [1.29, 1.82) is 0 Å². The van der Waals surface area contributed by atoms with Gasteiger partial charge in [-0.25, -0.2) is 0 Å². The van der Waals surface area contributed by atoms with E-state index in [-0.39, 0.29) is 12.7 Å². The fourth-order valence-electron chi connectivity index (χ4n) is 1.63. The summed E-state index contributed by atoms with van der Waals surface area (Å²) in [5.41, 5.74) is 0.718. The Balaban J connectivity index is 1.91. The molecule has 1 aliphatic rings. The number of hydrogen-bond donors (Lipinski definition) is 1. The van der Waals surface area contributed by atoms with E-state index in [1.807, 2.05) is 0 Å². The molecule has 0 amide bonds. The Hall–Kier alpha value is -1.13. The zero-order chi connectivity index (χ0) is 10.5. The third-order valence-electron chi connectivity index (χ3n) is 2.48. The second-order valence-electron chi connectivity index (χ2n) is 3.59. The molecule has 0 bridgehead atoms. The van der Waals surface area contributed by atoms with Crippen LogP contribution in [-0.2, 0) is 11.3 Å². The van der Waals surface area contributed by atoms with Gasteiger partial charge in [-0.3, -0.25) is 4.98 Å². The van der Waals surface area contributed by atoms with Crippen LogP contribution in [0.5, 0.6) is 5.75 Å². The summed E-state index contributed by atoms with van der Waals surface area (Å²) < 4.78 is 11.0. The Kier molecular flexibility index (Phi) is 3.53. The van der Waals surface area contributed by atoms with Crippen molar-refractivity contribution < 1.29 is 14.6 Å². The van der Waals surface area contributed by atoms with Crippen LogP contribution < -0.4 is 4.74 Å². The van der Waals surface area contributed by atoms with Crippen LogP contribution in [0.3, 0.4) is 0 Å². The van der Waals surface area contributed by atoms with Gasteiger partial charge >= 0.3 is 0 Å². The van der Waals surface area contributed by atoms with Crippen molar-refractivity contribution in [2.45, 2.75) is 25.6 Å². The zero-order valence-corrected chi connectivity index (χ0v) is 8.56. The predicted molar refractivity (Wildman–Crippen MR) is 54.6 cm³/mol. The van der Waals surface area contributed by atoms with E-state index in [4.69, 9.17) is 14.6 Å². The standard InChI is InChI=1S/C11H15NO3/c13-7-9-6-12-4-3-11(9)15-8-10-2-1-5-14-10/h3-4,6,10,13H,1-2,5,7-8H2. The number of nitrogens with zero attached hydrogens (tertiary/aromatic N) is 1. The molecule has 0 saturated carbocycles. The number of aliphatic hydroxyl groups excluding tert-OH is 1. The highest BCUT2D eigenvalue weighted by atomic mass is 16.5. The molecule has 2 rings (SSSR count). The summed E-state index contributed by atoms with van der Waals surface area (Å²) in [6.45, 7) is 1.34. The number of rotatable bonds is 4. The molecule has 1 aromatic heterocycles. The maximum Gasteiger partial charge on any atom is 0.128 e. The highest BCUT2D eigenvalue weighted by Crippen LogP contribution is 2.19. The van der Waals surface area contributed by atoms with Gasteiger partial charge in [-0.1, -0.05) is 0 Å². The van der Waals surface area contributed by atoms with Crippen LogP contribution in [0.15, 0.2) is 18.5 Å². The number of aliphatic hydroxyl groups is 1. The van der Waals surface area contributed by atoms with Gasteiger partial charge in [0.05, 0.1) is 12.7 Å². The first-order chi connectivity index (χ1) is 7.40. The van der Waals surface area contributed by atoms with Gasteiger partial charge in [0.1, 0.15) is 12.4 Å². The normalized spacial score (nSPS) is 20.5. The second kappa shape index (κ2) is 5.09. The molecule has 1 atom stereocenters. The molecule has 0 aromatic carbocycles. The smallest absolute Gasteiger partial charge is 0.128 e. The molecular weight excluding hydrogens is 194 g/mol. The predicted octanol–water partition coefficient (Wildman–Crippen LogP) is 1.13. The Labute approximate surface area is 88.9 Å². The van der Waals surface area contributed by atoms with Crippen molar-refractivity contribution in [3.05, 3.63) is 24.0 Å². The number of aromatic nitrogens is 1. The molecule has 1 fully saturated rings. The zero-order valence-electron chi connectivity index (χ0n) is 8.56. The molecular formula is C11H15NO3. The molecule has 0 aliphatic carbocycles. The van der Waals surface area contributed by atoms with Crippen LogP contribution in [0.1, 0.15) is 18.4 Å². The van der Waals surface area contributed by atoms with Gasteiger partial charge in [-0.2, -0.15) is 0 Å². The van der Waals surface area contributed by atoms with Gasteiger partial charge in [0.2, 0.25) is 0 Å². The first kappa shape index (κ1) is 10.4. The molecule has 1 unspecified atom stereocenters. The van der Waals surface area contributed by atoms with Gasteiger partial charge in [-0.05, 0) is 18.9 Å². The summed E-state index contributed by atoms with van der Waals surface area (Å²) in [5.74, 6) is 0.697. The average molecular weight is 209 g/mol. The van der Waals surface area contributed by atoms with E-state index in [1.165, 1.54) is 0 Å². The lowest BCUT2D eigenvalue weighted by molar-refractivity contribution is 0.0670. The summed E-state index contributed by atoms with van der Waals surface area (Å²) in [7, 11) is 0. The topological polar surface area (TPSA) is 51.6 Å². The minimum absolute atomic E-state index is 0.0469. The summed E-state index contributed by atoms with van der Waals surface area (Å²) in [6.07, 6.45) is 5.63. The van der Waals surface area contributed by atoms with E-state index < -0.39 is 0 Å². The Morgan fingerprint density at radius 1 is 1.60 bits per heavy atom. The number of pyridine rings is 1. The summed E-state index contributed by atoms with van der Waals surface area (Å²) in [5, 5.41) is 9.06. The molecule has 82 valence electrons. The molecule has 1 aromatic rings. The first-order valence-electron chi connectivity index (χ1n) is 5.18. The number of ether oxygens (including phenoxy) is 2. The van der Waals surface area contributed by atoms with Crippen LogP contribution in [0, 0.1) is 0 Å². The van der Waals surface area contributed by atoms with Gasteiger partial charge in [-0.15, -0.1) is 0 Å². The molecule has 4 heteroatoms. The molecule has 4 nitrogen and oxygen atoms in total. The van der Waals surface area contributed by atoms with E-state index in [2.05, 4.69) is 4.98 Å². The highest BCUT2D eigenvalue weighted by Gasteiger charge is 2.16. The molecule has 0 radical (unpaired) electrons. The largest absolute Gasteiger partial charge is 0.490 e. The van der Waals surface area contributed by atoms with Crippen LogP contribution in [-0.4, -0.2) is 29.4 Å². The van der Waals surface area contributed by atoms with E-state index in [0.29, 0.717) is 12.4 Å². The van der Waals surface area contributed by atoms with Crippen molar-refractivity contribution in [3.8, 4) is 5.75 Å². The fourth-order valence-corrected chi connectivity index (χ4v) is 1.63. The molecule has 2 heterocycles. The van der Waals surface area contributed by atoms with E-state index >= 15 is 0 Å². The van der Waals surface area contributed by atoms with Crippen molar-refractivity contribution in [2.24, 2.45) is 0 Å². The Morgan fingerprint density at radius 2 is 2.53 bits per heavy atom. The molecule has 1 aliphatic heterocycles. The molecule has 1 N–H and O–H groups in total. The molecule has 15 heavy (non-hydrogen) atoms. The molecule has 0 spiro atoms. The van der Waals surface area contributed by atoms with E-state index in [0.717, 1.165) is 25.0 Å². The maximum absolute atomic E-state index is 9.06. The minimum Gasteiger partial charge on any atom is -0.490 e. The van der Waals surface area contributed by atoms with Crippen LogP contribution in [0.4, 0.5) is 0 Å². The summed E-state index contributed by atoms with van der Waals surface area (Å²) in [6, 6.07) is 1.76. The molecule has 1 saturated heterocycles. The third kappa shape index (κ3) is 2.67. The van der Waals surface area contributed by atoms with Gasteiger partial charge < -0.3 is 14.6 Å².